The summed E-state index contributed by atoms with van der Waals surface area (Å²) in [5.41, 5.74) is 4.91. The van der Waals surface area contributed by atoms with E-state index in [4.69, 9.17) is 21.8 Å². The normalized spacial score (nSPS) is 10.4. The van der Waals surface area contributed by atoms with Crippen molar-refractivity contribution in [2.24, 2.45) is 0 Å². The molecule has 0 saturated heterocycles. The Kier molecular flexibility index (Phi) is 3.20. The molecule has 4 nitrogen and oxygen atoms in total. The average Bonchev–Trinajstić information content (AvgIpc) is 2.76. The summed E-state index contributed by atoms with van der Waals surface area (Å²) >= 11 is 5.49. The lowest BCUT2D eigenvalue weighted by molar-refractivity contribution is 0.0996. The van der Waals surface area contributed by atoms with Gasteiger partial charge in [-0.15, -0.1) is 0 Å². The monoisotopic (exact) mass is 272 g/mol. The van der Waals surface area contributed by atoms with Crippen LogP contribution >= 0.6 is 11.6 Å². The molecule has 0 aliphatic carbocycles. The zero-order valence-corrected chi connectivity index (χ0v) is 9.59. The van der Waals surface area contributed by atoms with Crippen LogP contribution in [0.1, 0.15) is 10.6 Å². The van der Waals surface area contributed by atoms with Crippen LogP contribution in [0.3, 0.4) is 0 Å². The molecule has 7 heteroatoms. The van der Waals surface area contributed by atoms with Crippen LogP contribution in [0.5, 0.6) is 0 Å². The first kappa shape index (κ1) is 12.4. The fourth-order valence-electron chi connectivity index (χ4n) is 1.30. The van der Waals surface area contributed by atoms with Gasteiger partial charge in [-0.05, 0) is 35.9 Å². The molecule has 0 unspecified atom stereocenters. The second-order valence-electron chi connectivity index (χ2n) is 3.38. The van der Waals surface area contributed by atoms with Crippen molar-refractivity contribution < 1.29 is 18.0 Å². The molecule has 0 fully saturated rings. The zero-order valence-electron chi connectivity index (χ0n) is 8.84. The van der Waals surface area contributed by atoms with Crippen LogP contribution in [0.4, 0.5) is 20.2 Å². The summed E-state index contributed by atoms with van der Waals surface area (Å²) in [5, 5.41) is 2.12. The van der Waals surface area contributed by atoms with Crippen molar-refractivity contribution in [3.63, 3.8) is 0 Å². The largest absolute Gasteiger partial charge is 0.440 e. The average molecular weight is 273 g/mol. The summed E-state index contributed by atoms with van der Waals surface area (Å²) in [6.45, 7) is 0. The summed E-state index contributed by atoms with van der Waals surface area (Å²) in [4.78, 5) is 11.6. The number of benzene rings is 1. The van der Waals surface area contributed by atoms with Crippen LogP contribution in [-0.4, -0.2) is 5.91 Å². The van der Waals surface area contributed by atoms with E-state index in [1.54, 1.807) is 0 Å². The Bertz CT molecular complexity index is 613. The van der Waals surface area contributed by atoms with E-state index in [2.05, 4.69) is 5.32 Å². The number of carbonyl (C=O) groups excluding carboxylic acids is 1. The summed E-state index contributed by atoms with van der Waals surface area (Å²) in [6.07, 6.45) is 0. The molecule has 0 bridgehead atoms. The number of nitrogens with one attached hydrogen (secondary N) is 1. The molecule has 94 valence electrons. The molecule has 0 atom stereocenters. The molecule has 2 aromatic rings. The van der Waals surface area contributed by atoms with E-state index >= 15 is 0 Å². The van der Waals surface area contributed by atoms with E-state index in [0.29, 0.717) is 0 Å². The summed E-state index contributed by atoms with van der Waals surface area (Å²) in [5.74, 6) is -3.26. The molecule has 0 spiro atoms. The van der Waals surface area contributed by atoms with Crippen molar-refractivity contribution in [2.45, 2.75) is 0 Å². The van der Waals surface area contributed by atoms with Gasteiger partial charge in [0, 0.05) is 0 Å². The predicted molar refractivity (Wildman–Crippen MR) is 62.4 cm³/mol. The van der Waals surface area contributed by atoms with E-state index in [0.717, 1.165) is 12.1 Å². The molecule has 1 amide bonds. The Balaban J connectivity index is 2.30. The van der Waals surface area contributed by atoms with Gasteiger partial charge in [0.1, 0.15) is 5.69 Å². The second kappa shape index (κ2) is 4.66. The third-order valence-electron chi connectivity index (χ3n) is 2.16. The van der Waals surface area contributed by atoms with Crippen molar-refractivity contribution in [1.82, 2.24) is 0 Å². The molecule has 2 rings (SSSR count). The highest BCUT2D eigenvalue weighted by Crippen LogP contribution is 2.25. The Hall–Kier alpha value is -2.08. The van der Waals surface area contributed by atoms with Gasteiger partial charge in [0.05, 0.1) is 5.69 Å². The van der Waals surface area contributed by atoms with Crippen LogP contribution < -0.4 is 11.1 Å². The third-order valence-corrected chi connectivity index (χ3v) is 2.37. The van der Waals surface area contributed by atoms with Crippen LogP contribution in [0.2, 0.25) is 5.22 Å². The van der Waals surface area contributed by atoms with Gasteiger partial charge in [0.15, 0.2) is 22.6 Å². The molecule has 1 aromatic heterocycles. The van der Waals surface area contributed by atoms with Gasteiger partial charge < -0.3 is 15.5 Å². The van der Waals surface area contributed by atoms with E-state index in [1.165, 1.54) is 12.1 Å². The fraction of sp³-hybridized carbons (Fsp3) is 0. The standard InChI is InChI=1S/C11H7ClF2N2O2/c12-8-4-3-7(18-8)11(17)16-10-6(15)2-1-5(13)9(10)14/h1-4H,15H2,(H,16,17). The number of hydrogen-bond donors (Lipinski definition) is 2. The highest BCUT2D eigenvalue weighted by atomic mass is 35.5. The van der Waals surface area contributed by atoms with Crippen molar-refractivity contribution >= 4 is 28.9 Å². The van der Waals surface area contributed by atoms with E-state index in [1.807, 2.05) is 0 Å². The van der Waals surface area contributed by atoms with Crippen LogP contribution in [-0.2, 0) is 0 Å². The number of furan rings is 1. The van der Waals surface area contributed by atoms with Gasteiger partial charge in [0.25, 0.3) is 5.91 Å². The Labute approximate surface area is 105 Å². The van der Waals surface area contributed by atoms with Crippen molar-refractivity contribution in [2.75, 3.05) is 11.1 Å². The minimum Gasteiger partial charge on any atom is -0.440 e. The van der Waals surface area contributed by atoms with E-state index in [-0.39, 0.29) is 16.7 Å². The first-order chi connectivity index (χ1) is 8.49. The maximum absolute atomic E-state index is 13.4. The van der Waals surface area contributed by atoms with E-state index in [9.17, 15) is 13.6 Å². The van der Waals surface area contributed by atoms with Crippen LogP contribution in [0.15, 0.2) is 28.7 Å². The smallest absolute Gasteiger partial charge is 0.291 e. The summed E-state index contributed by atoms with van der Waals surface area (Å²) in [6, 6.07) is 4.65. The van der Waals surface area contributed by atoms with Crippen LogP contribution in [0, 0.1) is 11.6 Å². The molecule has 1 heterocycles. The molecule has 0 aliphatic rings. The zero-order chi connectivity index (χ0) is 13.3. The molecule has 18 heavy (non-hydrogen) atoms. The van der Waals surface area contributed by atoms with Crippen molar-refractivity contribution in [3.05, 3.63) is 46.9 Å². The minimum absolute atomic E-state index is 0.00726. The van der Waals surface area contributed by atoms with Gasteiger partial charge >= 0.3 is 0 Å². The SMILES string of the molecule is Nc1ccc(F)c(F)c1NC(=O)c1ccc(Cl)o1. The molecule has 1 aromatic carbocycles. The lowest BCUT2D eigenvalue weighted by Crippen LogP contribution is -2.14. The summed E-state index contributed by atoms with van der Waals surface area (Å²) < 4.78 is 31.2. The first-order valence-corrected chi connectivity index (χ1v) is 5.17. The molecule has 0 aliphatic heterocycles. The number of hydrogen-bond acceptors (Lipinski definition) is 3. The highest BCUT2D eigenvalue weighted by Gasteiger charge is 2.17. The van der Waals surface area contributed by atoms with Gasteiger partial charge in [-0.3, -0.25) is 4.79 Å². The number of rotatable bonds is 2. The Morgan fingerprint density at radius 2 is 2.00 bits per heavy atom. The topological polar surface area (TPSA) is 68.3 Å². The number of anilines is 2. The van der Waals surface area contributed by atoms with Gasteiger partial charge in [-0.1, -0.05) is 0 Å². The van der Waals surface area contributed by atoms with Crippen molar-refractivity contribution in [1.29, 1.82) is 0 Å². The number of carbonyl (C=O) groups is 1. The number of amides is 1. The van der Waals surface area contributed by atoms with Crippen molar-refractivity contribution in [3.8, 4) is 0 Å². The van der Waals surface area contributed by atoms with Gasteiger partial charge in [0.2, 0.25) is 0 Å². The van der Waals surface area contributed by atoms with E-state index < -0.39 is 23.2 Å². The first-order valence-electron chi connectivity index (χ1n) is 4.79. The lowest BCUT2D eigenvalue weighted by atomic mass is 10.2. The second-order valence-corrected chi connectivity index (χ2v) is 3.76. The molecule has 3 N–H and O–H groups in total. The molecular weight excluding hydrogens is 266 g/mol. The maximum Gasteiger partial charge on any atom is 0.291 e. The molecule has 0 saturated carbocycles. The maximum atomic E-state index is 13.4. The molecular formula is C11H7ClF2N2O2. The van der Waals surface area contributed by atoms with Crippen LogP contribution in [0.25, 0.3) is 0 Å². The highest BCUT2D eigenvalue weighted by molar-refractivity contribution is 6.29. The number of halogens is 3. The van der Waals surface area contributed by atoms with Gasteiger partial charge in [-0.2, -0.15) is 0 Å². The summed E-state index contributed by atoms with van der Waals surface area (Å²) in [7, 11) is 0. The minimum atomic E-state index is -1.24. The lowest BCUT2D eigenvalue weighted by Gasteiger charge is -2.08. The number of nitrogens with two attached hydrogens (primary N) is 1. The Morgan fingerprint density at radius 1 is 1.28 bits per heavy atom. The van der Waals surface area contributed by atoms with Gasteiger partial charge in [-0.25, -0.2) is 8.78 Å². The molecule has 0 radical (unpaired) electrons. The Morgan fingerprint density at radius 3 is 2.61 bits per heavy atom. The fourth-order valence-corrected chi connectivity index (χ4v) is 1.45. The predicted octanol–water partition coefficient (Wildman–Crippen LogP) is 3.05. The number of nitrogen functional groups attached to an aromatic ring is 1. The third kappa shape index (κ3) is 2.28. The quantitative estimate of drug-likeness (QED) is 0.826.